The monoisotopic (exact) mass is 384 g/mol. The summed E-state index contributed by atoms with van der Waals surface area (Å²) in [5.74, 6) is -0.803. The van der Waals surface area contributed by atoms with E-state index in [0.717, 1.165) is 11.1 Å². The standard InChI is InChI=1S/C23H28O5/c1-15(2)20(21(24)25)13-16-7-5-9-18(11-16)28-19-10-6-8-17(12-19)14-23(3,4)22(26)27/h5-12,15,20H,13-14H2,1-4H3,(H,24,25)(H,26,27). The summed E-state index contributed by atoms with van der Waals surface area (Å²) in [5, 5.41) is 18.7. The molecule has 0 aliphatic carbocycles. The summed E-state index contributed by atoms with van der Waals surface area (Å²) < 4.78 is 5.94. The Hall–Kier alpha value is -2.82. The minimum absolute atomic E-state index is 0.0383. The SMILES string of the molecule is CC(C)C(Cc1cccc(Oc2cccc(CC(C)(C)C(=O)O)c2)c1)C(=O)O. The summed E-state index contributed by atoms with van der Waals surface area (Å²) in [7, 11) is 0. The number of benzene rings is 2. The van der Waals surface area contributed by atoms with E-state index in [1.165, 1.54) is 0 Å². The van der Waals surface area contributed by atoms with Crippen molar-refractivity contribution < 1.29 is 24.5 Å². The summed E-state index contributed by atoms with van der Waals surface area (Å²) >= 11 is 0. The lowest BCUT2D eigenvalue weighted by atomic mass is 9.86. The first-order chi connectivity index (χ1) is 13.1. The van der Waals surface area contributed by atoms with Crippen LogP contribution in [0.2, 0.25) is 0 Å². The third kappa shape index (κ3) is 5.84. The van der Waals surface area contributed by atoms with E-state index >= 15 is 0 Å². The van der Waals surface area contributed by atoms with E-state index in [9.17, 15) is 19.8 Å². The van der Waals surface area contributed by atoms with Gasteiger partial charge >= 0.3 is 11.9 Å². The summed E-state index contributed by atoms with van der Waals surface area (Å²) in [6.07, 6.45) is 0.839. The third-order valence-corrected chi connectivity index (χ3v) is 4.84. The lowest BCUT2D eigenvalue weighted by Gasteiger charge is -2.19. The molecule has 2 aromatic rings. The van der Waals surface area contributed by atoms with Gasteiger partial charge in [0.2, 0.25) is 0 Å². The van der Waals surface area contributed by atoms with Crippen LogP contribution in [0.4, 0.5) is 0 Å². The number of carboxylic acid groups (broad SMARTS) is 2. The van der Waals surface area contributed by atoms with Crippen molar-refractivity contribution in [1.82, 2.24) is 0 Å². The largest absolute Gasteiger partial charge is 0.481 e. The molecule has 28 heavy (non-hydrogen) atoms. The first-order valence-electron chi connectivity index (χ1n) is 9.40. The van der Waals surface area contributed by atoms with Gasteiger partial charge in [-0.3, -0.25) is 9.59 Å². The van der Waals surface area contributed by atoms with E-state index in [1.807, 2.05) is 62.4 Å². The molecule has 5 nitrogen and oxygen atoms in total. The van der Waals surface area contributed by atoms with Gasteiger partial charge in [-0.2, -0.15) is 0 Å². The van der Waals surface area contributed by atoms with E-state index in [4.69, 9.17) is 4.74 Å². The van der Waals surface area contributed by atoms with Crippen LogP contribution in [-0.4, -0.2) is 22.2 Å². The van der Waals surface area contributed by atoms with Crippen molar-refractivity contribution >= 4 is 11.9 Å². The van der Waals surface area contributed by atoms with Crippen molar-refractivity contribution in [2.45, 2.75) is 40.5 Å². The van der Waals surface area contributed by atoms with E-state index in [2.05, 4.69) is 0 Å². The van der Waals surface area contributed by atoms with Crippen LogP contribution in [0, 0.1) is 17.3 Å². The zero-order valence-electron chi connectivity index (χ0n) is 16.8. The Labute approximate surface area is 166 Å². The number of hydrogen-bond acceptors (Lipinski definition) is 3. The van der Waals surface area contributed by atoms with Crippen molar-refractivity contribution in [3.63, 3.8) is 0 Å². The third-order valence-electron chi connectivity index (χ3n) is 4.84. The fourth-order valence-electron chi connectivity index (χ4n) is 3.04. The lowest BCUT2D eigenvalue weighted by molar-refractivity contribution is -0.147. The fraction of sp³-hybridized carbons (Fsp3) is 0.391. The molecule has 2 rings (SSSR count). The van der Waals surface area contributed by atoms with Gasteiger partial charge in [0, 0.05) is 0 Å². The molecule has 0 heterocycles. The van der Waals surface area contributed by atoms with Gasteiger partial charge in [0.15, 0.2) is 0 Å². The van der Waals surface area contributed by atoms with E-state index in [-0.39, 0.29) is 5.92 Å². The van der Waals surface area contributed by atoms with Crippen LogP contribution < -0.4 is 4.74 Å². The zero-order chi connectivity index (χ0) is 20.9. The van der Waals surface area contributed by atoms with Gasteiger partial charge in [0.1, 0.15) is 11.5 Å². The molecular formula is C23H28O5. The fourth-order valence-corrected chi connectivity index (χ4v) is 3.04. The maximum absolute atomic E-state index is 11.4. The maximum Gasteiger partial charge on any atom is 0.309 e. The first kappa shape index (κ1) is 21.5. The first-order valence-corrected chi connectivity index (χ1v) is 9.40. The number of carbonyl (C=O) groups is 2. The molecule has 1 unspecified atom stereocenters. The summed E-state index contributed by atoms with van der Waals surface area (Å²) in [5.41, 5.74) is 0.926. The van der Waals surface area contributed by atoms with Gasteiger partial charge in [0.25, 0.3) is 0 Å². The van der Waals surface area contributed by atoms with Crippen molar-refractivity contribution in [3.05, 3.63) is 59.7 Å². The molecule has 0 fully saturated rings. The minimum Gasteiger partial charge on any atom is -0.481 e. The molecule has 0 radical (unpaired) electrons. The predicted molar refractivity (Wildman–Crippen MR) is 108 cm³/mol. The van der Waals surface area contributed by atoms with Crippen LogP contribution in [0.1, 0.15) is 38.8 Å². The van der Waals surface area contributed by atoms with Gasteiger partial charge in [-0.25, -0.2) is 0 Å². The second kappa shape index (κ2) is 8.91. The highest BCUT2D eigenvalue weighted by atomic mass is 16.5. The van der Waals surface area contributed by atoms with Gasteiger partial charge in [0.05, 0.1) is 11.3 Å². The van der Waals surface area contributed by atoms with Crippen molar-refractivity contribution in [2.75, 3.05) is 0 Å². The smallest absolute Gasteiger partial charge is 0.309 e. The predicted octanol–water partition coefficient (Wildman–Crippen LogP) is 5.03. The van der Waals surface area contributed by atoms with Gasteiger partial charge < -0.3 is 14.9 Å². The number of ether oxygens (including phenoxy) is 1. The van der Waals surface area contributed by atoms with Crippen LogP contribution in [-0.2, 0) is 22.4 Å². The molecule has 0 saturated carbocycles. The van der Waals surface area contributed by atoms with Crippen LogP contribution in [0.5, 0.6) is 11.5 Å². The Morgan fingerprint density at radius 2 is 1.50 bits per heavy atom. The second-order valence-corrected chi connectivity index (χ2v) is 8.16. The number of aliphatic carboxylic acids is 2. The van der Waals surface area contributed by atoms with Crippen LogP contribution >= 0.6 is 0 Å². The van der Waals surface area contributed by atoms with Crippen LogP contribution in [0.3, 0.4) is 0 Å². The number of carboxylic acids is 2. The Kier molecular flexibility index (Phi) is 6.84. The normalized spacial score (nSPS) is 12.6. The molecule has 2 aromatic carbocycles. The molecule has 0 aromatic heterocycles. The van der Waals surface area contributed by atoms with E-state index < -0.39 is 23.3 Å². The highest BCUT2D eigenvalue weighted by Crippen LogP contribution is 2.28. The summed E-state index contributed by atoms with van der Waals surface area (Å²) in [4.78, 5) is 22.8. The Balaban J connectivity index is 2.15. The second-order valence-electron chi connectivity index (χ2n) is 8.16. The van der Waals surface area contributed by atoms with Gasteiger partial charge in [-0.05, 0) is 68.0 Å². The zero-order valence-corrected chi connectivity index (χ0v) is 16.8. The molecule has 150 valence electrons. The van der Waals surface area contributed by atoms with Crippen molar-refractivity contribution in [1.29, 1.82) is 0 Å². The summed E-state index contributed by atoms with van der Waals surface area (Å²) in [6.45, 7) is 7.20. The average Bonchev–Trinajstić information content (AvgIpc) is 2.59. The number of hydrogen-bond donors (Lipinski definition) is 2. The minimum atomic E-state index is -0.860. The molecule has 0 amide bonds. The molecule has 0 spiro atoms. The molecule has 0 aliphatic heterocycles. The highest BCUT2D eigenvalue weighted by Gasteiger charge is 2.27. The Bertz CT molecular complexity index is 838. The van der Waals surface area contributed by atoms with E-state index in [0.29, 0.717) is 24.3 Å². The van der Waals surface area contributed by atoms with Crippen molar-refractivity contribution in [3.8, 4) is 11.5 Å². The highest BCUT2D eigenvalue weighted by molar-refractivity contribution is 5.74. The van der Waals surface area contributed by atoms with E-state index in [1.54, 1.807) is 13.8 Å². The lowest BCUT2D eigenvalue weighted by Crippen LogP contribution is -2.26. The van der Waals surface area contributed by atoms with Crippen molar-refractivity contribution in [2.24, 2.45) is 17.3 Å². The summed E-state index contributed by atoms with van der Waals surface area (Å²) in [6, 6.07) is 14.8. The molecular weight excluding hydrogens is 356 g/mol. The Morgan fingerprint density at radius 1 is 0.964 bits per heavy atom. The molecule has 0 aliphatic rings. The molecule has 2 N–H and O–H groups in total. The van der Waals surface area contributed by atoms with Crippen LogP contribution in [0.15, 0.2) is 48.5 Å². The Morgan fingerprint density at radius 3 is 2.00 bits per heavy atom. The van der Waals surface area contributed by atoms with Gasteiger partial charge in [-0.1, -0.05) is 38.1 Å². The van der Waals surface area contributed by atoms with Gasteiger partial charge in [-0.15, -0.1) is 0 Å². The average molecular weight is 384 g/mol. The molecule has 5 heteroatoms. The topological polar surface area (TPSA) is 83.8 Å². The molecule has 1 atom stereocenters. The molecule has 0 saturated heterocycles. The number of rotatable bonds is 9. The van der Waals surface area contributed by atoms with Crippen LogP contribution in [0.25, 0.3) is 0 Å². The quantitative estimate of drug-likeness (QED) is 0.633. The maximum atomic E-state index is 11.4. The molecule has 0 bridgehead atoms.